The van der Waals surface area contributed by atoms with Gasteiger partial charge in [-0.2, -0.15) is 13.2 Å². The van der Waals surface area contributed by atoms with E-state index in [1.807, 2.05) is 19.2 Å². The monoisotopic (exact) mass is 351 g/mol. The molecule has 0 bridgehead atoms. The van der Waals surface area contributed by atoms with Crippen LogP contribution in [0.25, 0.3) is 22.1 Å². The number of imidazole rings is 1. The molecule has 2 N–H and O–H groups in total. The van der Waals surface area contributed by atoms with Gasteiger partial charge in [0.1, 0.15) is 17.0 Å². The van der Waals surface area contributed by atoms with Crippen molar-refractivity contribution in [2.45, 2.75) is 50.9 Å². The van der Waals surface area contributed by atoms with E-state index in [4.69, 9.17) is 0 Å². The molecule has 4 rings (SSSR count). The molecule has 0 aliphatic heterocycles. The van der Waals surface area contributed by atoms with Crippen LogP contribution in [0, 0.1) is 6.92 Å². The number of H-pyrrole nitrogens is 1. The molecule has 1 aliphatic rings. The Balaban J connectivity index is 1.57. The van der Waals surface area contributed by atoms with Gasteiger partial charge in [0.15, 0.2) is 0 Å². The van der Waals surface area contributed by atoms with Crippen LogP contribution in [0.3, 0.4) is 0 Å². The summed E-state index contributed by atoms with van der Waals surface area (Å²) in [5.74, 6) is 0.928. The van der Waals surface area contributed by atoms with Crippen LogP contribution in [0.5, 0.6) is 0 Å². The van der Waals surface area contributed by atoms with Crippen LogP contribution in [0.2, 0.25) is 0 Å². The molecule has 134 valence electrons. The van der Waals surface area contributed by atoms with Crippen LogP contribution in [0.15, 0.2) is 18.5 Å². The first-order chi connectivity index (χ1) is 11.9. The summed E-state index contributed by atoms with van der Waals surface area (Å²) in [7, 11) is 0. The Morgan fingerprint density at radius 1 is 1.28 bits per heavy atom. The van der Waals surface area contributed by atoms with Gasteiger partial charge in [-0.25, -0.2) is 9.97 Å². The molecule has 0 amide bonds. The molecule has 1 saturated carbocycles. The number of fused-ring (bicyclic) bond motifs is 3. The van der Waals surface area contributed by atoms with Crippen molar-refractivity contribution in [3.05, 3.63) is 24.3 Å². The molecular weight excluding hydrogens is 331 g/mol. The lowest BCUT2D eigenvalue weighted by Crippen LogP contribution is -2.39. The van der Waals surface area contributed by atoms with Crippen LogP contribution >= 0.6 is 0 Å². The number of nitrogens with one attached hydrogen (secondary N) is 2. The van der Waals surface area contributed by atoms with Crippen molar-refractivity contribution in [3.8, 4) is 0 Å². The number of alkyl halides is 3. The smallest absolute Gasteiger partial charge is 0.346 e. The molecule has 0 atom stereocenters. The van der Waals surface area contributed by atoms with Gasteiger partial charge >= 0.3 is 6.18 Å². The Hall–Kier alpha value is -2.09. The number of hydrogen-bond acceptors (Lipinski definition) is 3. The van der Waals surface area contributed by atoms with E-state index in [-0.39, 0.29) is 12.1 Å². The summed E-state index contributed by atoms with van der Waals surface area (Å²) in [4.78, 5) is 12.1. The molecule has 0 unspecified atom stereocenters. The van der Waals surface area contributed by atoms with Crippen LogP contribution in [-0.4, -0.2) is 38.3 Å². The minimum atomic E-state index is -4.15. The summed E-state index contributed by atoms with van der Waals surface area (Å²) >= 11 is 0. The SMILES string of the molecule is Cc1nc2cnc3[nH]ccc3c2n1[C@H]1CC[C@H](NCC(F)(F)F)CC1. The third kappa shape index (κ3) is 3.10. The topological polar surface area (TPSA) is 58.5 Å². The van der Waals surface area contributed by atoms with Gasteiger partial charge in [0, 0.05) is 23.7 Å². The fourth-order valence-electron chi connectivity index (χ4n) is 3.95. The molecule has 0 radical (unpaired) electrons. The van der Waals surface area contributed by atoms with E-state index in [2.05, 4.69) is 24.8 Å². The van der Waals surface area contributed by atoms with Gasteiger partial charge in [0.05, 0.1) is 18.3 Å². The molecular formula is C17H20F3N5. The number of aryl methyl sites for hydroxylation is 1. The Labute approximate surface area is 142 Å². The average molecular weight is 351 g/mol. The van der Waals surface area contributed by atoms with Crippen molar-refractivity contribution in [2.75, 3.05) is 6.54 Å². The highest BCUT2D eigenvalue weighted by Gasteiger charge is 2.30. The summed E-state index contributed by atoms with van der Waals surface area (Å²) in [5.41, 5.74) is 2.76. The van der Waals surface area contributed by atoms with Gasteiger partial charge in [0.25, 0.3) is 0 Å². The molecule has 1 aliphatic carbocycles. The van der Waals surface area contributed by atoms with Crippen molar-refractivity contribution in [3.63, 3.8) is 0 Å². The molecule has 0 spiro atoms. The zero-order valence-electron chi connectivity index (χ0n) is 13.9. The third-order valence-corrected chi connectivity index (χ3v) is 5.06. The zero-order valence-corrected chi connectivity index (χ0v) is 13.9. The van der Waals surface area contributed by atoms with E-state index in [1.165, 1.54) is 0 Å². The van der Waals surface area contributed by atoms with Crippen molar-refractivity contribution < 1.29 is 13.2 Å². The molecule has 3 heterocycles. The second kappa shape index (κ2) is 6.01. The quantitative estimate of drug-likeness (QED) is 0.753. The molecule has 3 aromatic rings. The molecule has 5 nitrogen and oxygen atoms in total. The van der Waals surface area contributed by atoms with E-state index in [0.717, 1.165) is 53.6 Å². The summed E-state index contributed by atoms with van der Waals surface area (Å²) < 4.78 is 39.4. The number of aromatic nitrogens is 4. The minimum absolute atomic E-state index is 0.0677. The molecule has 0 aromatic carbocycles. The van der Waals surface area contributed by atoms with Gasteiger partial charge in [0.2, 0.25) is 0 Å². The lowest BCUT2D eigenvalue weighted by atomic mass is 9.90. The van der Waals surface area contributed by atoms with Crippen LogP contribution < -0.4 is 5.32 Å². The molecule has 25 heavy (non-hydrogen) atoms. The maximum Gasteiger partial charge on any atom is 0.401 e. The molecule has 1 fully saturated rings. The highest BCUT2D eigenvalue weighted by atomic mass is 19.4. The third-order valence-electron chi connectivity index (χ3n) is 5.06. The summed E-state index contributed by atoms with van der Waals surface area (Å²) in [5, 5.41) is 3.68. The lowest BCUT2D eigenvalue weighted by molar-refractivity contribution is -0.126. The van der Waals surface area contributed by atoms with E-state index < -0.39 is 12.7 Å². The van der Waals surface area contributed by atoms with Gasteiger partial charge in [-0.3, -0.25) is 0 Å². The van der Waals surface area contributed by atoms with Crippen molar-refractivity contribution in [1.29, 1.82) is 0 Å². The van der Waals surface area contributed by atoms with E-state index in [9.17, 15) is 13.2 Å². The van der Waals surface area contributed by atoms with Crippen molar-refractivity contribution in [1.82, 2.24) is 24.8 Å². The molecule has 0 saturated heterocycles. The first-order valence-corrected chi connectivity index (χ1v) is 8.53. The Kier molecular flexibility index (Phi) is 3.94. The minimum Gasteiger partial charge on any atom is -0.346 e. The normalized spacial score (nSPS) is 22.1. The largest absolute Gasteiger partial charge is 0.401 e. The number of nitrogens with zero attached hydrogens (tertiary/aromatic N) is 3. The number of rotatable bonds is 3. The first kappa shape index (κ1) is 16.4. The average Bonchev–Trinajstić information content (AvgIpc) is 3.15. The second-order valence-electron chi connectivity index (χ2n) is 6.76. The van der Waals surface area contributed by atoms with Gasteiger partial charge in [-0.05, 0) is 38.7 Å². The van der Waals surface area contributed by atoms with E-state index in [0.29, 0.717) is 0 Å². The Bertz CT molecular complexity index is 887. The van der Waals surface area contributed by atoms with Crippen LogP contribution in [0.1, 0.15) is 37.5 Å². The Morgan fingerprint density at radius 3 is 2.76 bits per heavy atom. The van der Waals surface area contributed by atoms with Gasteiger partial charge in [-0.15, -0.1) is 0 Å². The highest BCUT2D eigenvalue weighted by Crippen LogP contribution is 2.34. The Morgan fingerprint density at radius 2 is 2.04 bits per heavy atom. The lowest BCUT2D eigenvalue weighted by Gasteiger charge is -2.31. The van der Waals surface area contributed by atoms with Crippen LogP contribution in [-0.2, 0) is 0 Å². The van der Waals surface area contributed by atoms with E-state index >= 15 is 0 Å². The maximum atomic E-state index is 12.4. The predicted molar refractivity (Wildman–Crippen MR) is 89.5 cm³/mol. The first-order valence-electron chi connectivity index (χ1n) is 8.53. The molecule has 3 aromatic heterocycles. The number of pyridine rings is 1. The number of aromatic amines is 1. The standard InChI is InChI=1S/C17H20F3N5/c1-10-24-14-8-22-16-13(6-7-21-16)15(14)25(10)12-4-2-11(3-5-12)23-9-17(18,19)20/h6-8,11-12,23H,2-5,9H2,1H3,(H,21,22)/t11-,12-. The predicted octanol–water partition coefficient (Wildman–Crippen LogP) is 3.86. The summed E-state index contributed by atoms with van der Waals surface area (Å²) in [6.07, 6.45) is 2.64. The summed E-state index contributed by atoms with van der Waals surface area (Å²) in [6.45, 7) is 1.07. The highest BCUT2D eigenvalue weighted by molar-refractivity contribution is 6.01. The van der Waals surface area contributed by atoms with Crippen molar-refractivity contribution in [2.24, 2.45) is 0 Å². The fraction of sp³-hybridized carbons (Fsp3) is 0.529. The van der Waals surface area contributed by atoms with Crippen molar-refractivity contribution >= 4 is 22.1 Å². The fourth-order valence-corrected chi connectivity index (χ4v) is 3.95. The molecule has 8 heteroatoms. The van der Waals surface area contributed by atoms with Gasteiger partial charge in [-0.1, -0.05) is 0 Å². The summed E-state index contributed by atoms with van der Waals surface area (Å²) in [6, 6.07) is 2.19. The second-order valence-corrected chi connectivity index (χ2v) is 6.76. The van der Waals surface area contributed by atoms with Gasteiger partial charge < -0.3 is 14.9 Å². The maximum absolute atomic E-state index is 12.4. The number of hydrogen-bond donors (Lipinski definition) is 2. The zero-order chi connectivity index (χ0) is 17.6. The van der Waals surface area contributed by atoms with Crippen LogP contribution in [0.4, 0.5) is 13.2 Å². The van der Waals surface area contributed by atoms with E-state index in [1.54, 1.807) is 6.20 Å². The number of halogens is 3.